The van der Waals surface area contributed by atoms with Crippen molar-refractivity contribution in [3.63, 3.8) is 0 Å². The van der Waals surface area contributed by atoms with E-state index in [0.29, 0.717) is 12.1 Å². The van der Waals surface area contributed by atoms with E-state index in [1.807, 2.05) is 0 Å². The SMILES string of the molecule is O=C(O)c1ccc(Oc2ccc(F)c(C(F)(F)F)c2)cn1. The highest BCUT2D eigenvalue weighted by atomic mass is 19.4. The molecule has 2 rings (SSSR count). The molecule has 4 nitrogen and oxygen atoms in total. The van der Waals surface area contributed by atoms with Crippen LogP contribution in [0.5, 0.6) is 11.5 Å². The van der Waals surface area contributed by atoms with Crippen LogP contribution in [0.1, 0.15) is 16.1 Å². The van der Waals surface area contributed by atoms with Crippen molar-refractivity contribution in [1.82, 2.24) is 4.98 Å². The predicted molar refractivity (Wildman–Crippen MR) is 62.7 cm³/mol. The topological polar surface area (TPSA) is 59.4 Å². The molecule has 0 saturated heterocycles. The lowest BCUT2D eigenvalue weighted by molar-refractivity contribution is -0.140. The molecule has 0 aliphatic rings. The van der Waals surface area contributed by atoms with Crippen LogP contribution in [0.4, 0.5) is 17.6 Å². The highest BCUT2D eigenvalue weighted by Crippen LogP contribution is 2.34. The van der Waals surface area contributed by atoms with Crippen LogP contribution in [0.3, 0.4) is 0 Å². The van der Waals surface area contributed by atoms with Crippen LogP contribution in [0.2, 0.25) is 0 Å². The van der Waals surface area contributed by atoms with Crippen LogP contribution >= 0.6 is 0 Å². The zero-order valence-electron chi connectivity index (χ0n) is 10.2. The van der Waals surface area contributed by atoms with Gasteiger partial charge < -0.3 is 9.84 Å². The first-order chi connectivity index (χ1) is 9.77. The first kappa shape index (κ1) is 14.8. The molecule has 21 heavy (non-hydrogen) atoms. The molecule has 0 aliphatic heterocycles. The van der Waals surface area contributed by atoms with E-state index in [-0.39, 0.29) is 17.2 Å². The van der Waals surface area contributed by atoms with Gasteiger partial charge in [-0.25, -0.2) is 14.2 Å². The smallest absolute Gasteiger partial charge is 0.419 e. The minimum absolute atomic E-state index is 0.0275. The first-order valence-corrected chi connectivity index (χ1v) is 5.51. The lowest BCUT2D eigenvalue weighted by Crippen LogP contribution is -2.08. The van der Waals surface area contributed by atoms with Gasteiger partial charge in [0.05, 0.1) is 11.8 Å². The second-order valence-electron chi connectivity index (χ2n) is 3.93. The fourth-order valence-electron chi connectivity index (χ4n) is 1.49. The van der Waals surface area contributed by atoms with Gasteiger partial charge in [-0.05, 0) is 30.3 Å². The highest BCUT2D eigenvalue weighted by Gasteiger charge is 2.34. The van der Waals surface area contributed by atoms with E-state index in [2.05, 4.69) is 4.98 Å². The molecule has 0 spiro atoms. The Morgan fingerprint density at radius 3 is 2.33 bits per heavy atom. The number of benzene rings is 1. The molecule has 1 N–H and O–H groups in total. The summed E-state index contributed by atoms with van der Waals surface area (Å²) in [5, 5.41) is 8.65. The number of carboxylic acids is 1. The number of nitrogens with zero attached hydrogens (tertiary/aromatic N) is 1. The Balaban J connectivity index is 2.26. The minimum atomic E-state index is -4.84. The Morgan fingerprint density at radius 2 is 1.81 bits per heavy atom. The number of aromatic carboxylic acids is 1. The zero-order chi connectivity index (χ0) is 15.6. The second-order valence-corrected chi connectivity index (χ2v) is 3.93. The van der Waals surface area contributed by atoms with Gasteiger partial charge in [0.25, 0.3) is 0 Å². The summed E-state index contributed by atoms with van der Waals surface area (Å²) in [6.45, 7) is 0. The fraction of sp³-hybridized carbons (Fsp3) is 0.0769. The summed E-state index contributed by atoms with van der Waals surface area (Å²) in [6, 6.07) is 4.53. The average Bonchev–Trinajstić information content (AvgIpc) is 2.40. The minimum Gasteiger partial charge on any atom is -0.477 e. The second kappa shape index (κ2) is 5.39. The molecule has 0 fully saturated rings. The molecule has 0 atom stereocenters. The van der Waals surface area contributed by atoms with Crippen molar-refractivity contribution in [3.05, 3.63) is 53.6 Å². The third kappa shape index (κ3) is 3.47. The molecular formula is C13H7F4NO3. The van der Waals surface area contributed by atoms with Crippen molar-refractivity contribution in [3.8, 4) is 11.5 Å². The molecule has 0 amide bonds. The summed E-state index contributed by atoms with van der Waals surface area (Å²) < 4.78 is 55.8. The van der Waals surface area contributed by atoms with Crippen LogP contribution in [-0.2, 0) is 6.18 Å². The highest BCUT2D eigenvalue weighted by molar-refractivity contribution is 5.85. The van der Waals surface area contributed by atoms with E-state index < -0.39 is 23.5 Å². The maximum Gasteiger partial charge on any atom is 0.419 e. The molecule has 0 bridgehead atoms. The van der Waals surface area contributed by atoms with Gasteiger partial charge in [-0.2, -0.15) is 13.2 Å². The zero-order valence-corrected chi connectivity index (χ0v) is 10.2. The van der Waals surface area contributed by atoms with E-state index in [1.165, 1.54) is 6.07 Å². The Morgan fingerprint density at radius 1 is 1.14 bits per heavy atom. The number of carboxylic acid groups (broad SMARTS) is 1. The third-order valence-corrected chi connectivity index (χ3v) is 2.43. The largest absolute Gasteiger partial charge is 0.477 e. The molecule has 1 aromatic carbocycles. The molecule has 8 heteroatoms. The number of carbonyl (C=O) groups is 1. The van der Waals surface area contributed by atoms with Crippen molar-refractivity contribution >= 4 is 5.97 Å². The van der Waals surface area contributed by atoms with Crippen LogP contribution in [0.25, 0.3) is 0 Å². The molecule has 2 aromatic rings. The van der Waals surface area contributed by atoms with Crippen LogP contribution in [0, 0.1) is 5.82 Å². The number of rotatable bonds is 3. The van der Waals surface area contributed by atoms with Gasteiger partial charge >= 0.3 is 12.1 Å². The van der Waals surface area contributed by atoms with E-state index >= 15 is 0 Å². The molecular weight excluding hydrogens is 294 g/mol. The summed E-state index contributed by atoms with van der Waals surface area (Å²) in [5.74, 6) is -2.87. The van der Waals surface area contributed by atoms with Crippen molar-refractivity contribution in [1.29, 1.82) is 0 Å². The van der Waals surface area contributed by atoms with E-state index in [1.54, 1.807) is 0 Å². The predicted octanol–water partition coefficient (Wildman–Crippen LogP) is 3.73. The van der Waals surface area contributed by atoms with E-state index in [9.17, 15) is 22.4 Å². The van der Waals surface area contributed by atoms with Gasteiger partial charge in [-0.3, -0.25) is 0 Å². The van der Waals surface area contributed by atoms with Gasteiger partial charge in [0, 0.05) is 0 Å². The number of ether oxygens (including phenoxy) is 1. The molecule has 0 radical (unpaired) electrons. The number of alkyl halides is 3. The van der Waals surface area contributed by atoms with Crippen LogP contribution < -0.4 is 4.74 Å². The monoisotopic (exact) mass is 301 g/mol. The Labute approximate surface area is 115 Å². The first-order valence-electron chi connectivity index (χ1n) is 5.51. The summed E-state index contributed by atoms with van der Waals surface area (Å²) >= 11 is 0. The van der Waals surface area contributed by atoms with Gasteiger partial charge in [0.2, 0.25) is 0 Å². The lowest BCUT2D eigenvalue weighted by atomic mass is 10.2. The Kier molecular flexibility index (Phi) is 3.79. The summed E-state index contributed by atoms with van der Waals surface area (Å²) in [6.07, 6.45) is -3.80. The average molecular weight is 301 g/mol. The normalized spacial score (nSPS) is 11.2. The fourth-order valence-corrected chi connectivity index (χ4v) is 1.49. The van der Waals surface area contributed by atoms with Crippen molar-refractivity contribution in [2.45, 2.75) is 6.18 Å². The van der Waals surface area contributed by atoms with Crippen LogP contribution in [-0.4, -0.2) is 16.1 Å². The lowest BCUT2D eigenvalue weighted by Gasteiger charge is -2.11. The number of hydrogen-bond donors (Lipinski definition) is 1. The molecule has 0 saturated carbocycles. The quantitative estimate of drug-likeness (QED) is 0.878. The van der Waals surface area contributed by atoms with Crippen molar-refractivity contribution in [2.75, 3.05) is 0 Å². The summed E-state index contributed by atoms with van der Waals surface area (Å²) in [4.78, 5) is 14.1. The van der Waals surface area contributed by atoms with Gasteiger partial charge in [-0.1, -0.05) is 0 Å². The van der Waals surface area contributed by atoms with Gasteiger partial charge in [0.1, 0.15) is 23.0 Å². The van der Waals surface area contributed by atoms with Gasteiger partial charge in [-0.15, -0.1) is 0 Å². The van der Waals surface area contributed by atoms with E-state index in [0.717, 1.165) is 18.3 Å². The van der Waals surface area contributed by atoms with E-state index in [4.69, 9.17) is 9.84 Å². The maximum absolute atomic E-state index is 13.1. The molecule has 110 valence electrons. The Bertz CT molecular complexity index is 668. The third-order valence-electron chi connectivity index (χ3n) is 2.43. The maximum atomic E-state index is 13.1. The number of hydrogen-bond acceptors (Lipinski definition) is 3. The molecule has 1 heterocycles. The standard InChI is InChI=1S/C13H7F4NO3/c14-10-3-1-7(5-9(10)13(15,16)17)21-8-2-4-11(12(19)20)18-6-8/h1-6H,(H,19,20). The number of pyridine rings is 1. The van der Waals surface area contributed by atoms with Crippen molar-refractivity contribution < 1.29 is 32.2 Å². The summed E-state index contributed by atoms with van der Waals surface area (Å²) in [7, 11) is 0. The molecule has 0 unspecified atom stereocenters. The summed E-state index contributed by atoms with van der Waals surface area (Å²) in [5.41, 5.74) is -1.69. The molecule has 0 aliphatic carbocycles. The molecule has 1 aromatic heterocycles. The number of aromatic nitrogens is 1. The van der Waals surface area contributed by atoms with Gasteiger partial charge in [0.15, 0.2) is 0 Å². The van der Waals surface area contributed by atoms with Crippen LogP contribution in [0.15, 0.2) is 36.5 Å². The van der Waals surface area contributed by atoms with Crippen molar-refractivity contribution in [2.24, 2.45) is 0 Å². The number of halogens is 4. The Hall–Kier alpha value is -2.64.